The molecule has 1 aromatic carbocycles. The second kappa shape index (κ2) is 4.55. The molecule has 0 saturated carbocycles. The molecule has 0 bridgehead atoms. The molecule has 1 saturated heterocycles. The number of carbonyl (C=O) groups is 2. The van der Waals surface area contributed by atoms with Crippen LogP contribution >= 0.6 is 0 Å². The summed E-state index contributed by atoms with van der Waals surface area (Å²) in [5.41, 5.74) is 4.01. The van der Waals surface area contributed by atoms with Crippen LogP contribution < -0.4 is 16.2 Å². The minimum Gasteiger partial charge on any atom is -0.312 e. The topological polar surface area (TPSA) is 75.4 Å². The van der Waals surface area contributed by atoms with E-state index in [1.54, 1.807) is 4.90 Å². The molecule has 5 nitrogen and oxygen atoms in total. The van der Waals surface area contributed by atoms with Crippen molar-refractivity contribution in [1.29, 1.82) is 0 Å². The number of nitrogens with two attached hydrogens (primary N) is 1. The summed E-state index contributed by atoms with van der Waals surface area (Å²) in [4.78, 5) is 24.8. The maximum absolute atomic E-state index is 11.8. The molecule has 1 atom stereocenters. The van der Waals surface area contributed by atoms with Crippen molar-refractivity contribution in [3.05, 3.63) is 29.8 Å². The number of hydrogen-bond donors (Lipinski definition) is 2. The van der Waals surface area contributed by atoms with Gasteiger partial charge in [0.25, 0.3) is 0 Å². The number of amides is 2. The molecule has 1 heterocycles. The number of benzene rings is 1. The van der Waals surface area contributed by atoms with Crippen LogP contribution in [0, 0.1) is 12.8 Å². The third kappa shape index (κ3) is 2.29. The lowest BCUT2D eigenvalue weighted by molar-refractivity contribution is -0.126. The van der Waals surface area contributed by atoms with Crippen LogP contribution in [0.5, 0.6) is 0 Å². The third-order valence-corrected chi connectivity index (χ3v) is 2.95. The fourth-order valence-corrected chi connectivity index (χ4v) is 2.05. The number of nitrogens with zero attached hydrogens (tertiary/aromatic N) is 1. The van der Waals surface area contributed by atoms with Crippen LogP contribution in [0.3, 0.4) is 0 Å². The largest absolute Gasteiger partial charge is 0.312 e. The van der Waals surface area contributed by atoms with E-state index in [-0.39, 0.29) is 24.2 Å². The van der Waals surface area contributed by atoms with Crippen molar-refractivity contribution in [3.63, 3.8) is 0 Å². The molecular weight excluding hydrogens is 218 g/mol. The summed E-state index contributed by atoms with van der Waals surface area (Å²) in [5.74, 6) is 4.40. The van der Waals surface area contributed by atoms with Crippen LogP contribution in [-0.2, 0) is 9.59 Å². The molecule has 1 unspecified atom stereocenters. The van der Waals surface area contributed by atoms with E-state index < -0.39 is 0 Å². The predicted molar refractivity (Wildman–Crippen MR) is 64.0 cm³/mol. The Kier molecular flexibility index (Phi) is 3.10. The Hall–Kier alpha value is -1.88. The SMILES string of the molecule is Cc1cccc(N2CC(C(=O)NN)CC2=O)c1. The van der Waals surface area contributed by atoms with E-state index in [4.69, 9.17) is 5.84 Å². The highest BCUT2D eigenvalue weighted by atomic mass is 16.2. The molecule has 5 heteroatoms. The Labute approximate surface area is 99.6 Å². The lowest BCUT2D eigenvalue weighted by Crippen LogP contribution is -2.37. The summed E-state index contributed by atoms with van der Waals surface area (Å²) < 4.78 is 0. The molecule has 1 aliphatic heterocycles. The first-order valence-electron chi connectivity index (χ1n) is 5.49. The highest BCUT2D eigenvalue weighted by molar-refractivity contribution is 6.00. The van der Waals surface area contributed by atoms with Gasteiger partial charge in [0, 0.05) is 18.7 Å². The van der Waals surface area contributed by atoms with Gasteiger partial charge in [0.1, 0.15) is 0 Å². The zero-order valence-electron chi connectivity index (χ0n) is 9.64. The highest BCUT2D eigenvalue weighted by Gasteiger charge is 2.34. The van der Waals surface area contributed by atoms with E-state index in [1.165, 1.54) is 0 Å². The number of aryl methyl sites for hydroxylation is 1. The zero-order valence-corrected chi connectivity index (χ0v) is 9.64. The number of hydrogen-bond acceptors (Lipinski definition) is 3. The molecule has 1 aromatic rings. The minimum atomic E-state index is -0.354. The van der Waals surface area contributed by atoms with Crippen LogP contribution in [0.2, 0.25) is 0 Å². The molecule has 17 heavy (non-hydrogen) atoms. The van der Waals surface area contributed by atoms with Crippen LogP contribution in [0.25, 0.3) is 0 Å². The van der Waals surface area contributed by atoms with Crippen LogP contribution in [0.4, 0.5) is 5.69 Å². The molecule has 3 N–H and O–H groups in total. The molecule has 2 amide bonds. The normalized spacial score (nSPS) is 19.5. The Morgan fingerprint density at radius 1 is 1.53 bits per heavy atom. The molecule has 0 radical (unpaired) electrons. The van der Waals surface area contributed by atoms with Crippen molar-refractivity contribution < 1.29 is 9.59 Å². The third-order valence-electron chi connectivity index (χ3n) is 2.95. The summed E-state index contributed by atoms with van der Waals surface area (Å²) in [7, 11) is 0. The van der Waals surface area contributed by atoms with Crippen LogP contribution in [0.15, 0.2) is 24.3 Å². The molecule has 90 valence electrons. The second-order valence-corrected chi connectivity index (χ2v) is 4.25. The van der Waals surface area contributed by atoms with Gasteiger partial charge in [0.05, 0.1) is 5.92 Å². The molecule has 0 aromatic heterocycles. The summed E-state index contributed by atoms with van der Waals surface area (Å²) in [5, 5.41) is 0. The van der Waals surface area contributed by atoms with Gasteiger partial charge in [-0.15, -0.1) is 0 Å². The van der Waals surface area contributed by atoms with Gasteiger partial charge in [-0.3, -0.25) is 15.0 Å². The fourth-order valence-electron chi connectivity index (χ4n) is 2.05. The molecule has 0 aliphatic carbocycles. The van der Waals surface area contributed by atoms with Gasteiger partial charge in [-0.05, 0) is 24.6 Å². The van der Waals surface area contributed by atoms with E-state index in [2.05, 4.69) is 5.43 Å². The van der Waals surface area contributed by atoms with E-state index in [9.17, 15) is 9.59 Å². The average molecular weight is 233 g/mol. The first-order chi connectivity index (χ1) is 8.11. The van der Waals surface area contributed by atoms with Crippen molar-refractivity contribution in [2.45, 2.75) is 13.3 Å². The van der Waals surface area contributed by atoms with Crippen molar-refractivity contribution in [3.8, 4) is 0 Å². The first kappa shape index (κ1) is 11.6. The van der Waals surface area contributed by atoms with E-state index >= 15 is 0 Å². The Balaban J connectivity index is 2.18. The van der Waals surface area contributed by atoms with E-state index in [0.717, 1.165) is 11.3 Å². The fraction of sp³-hybridized carbons (Fsp3) is 0.333. The minimum absolute atomic E-state index is 0.0378. The standard InChI is InChI=1S/C12H15N3O2/c1-8-3-2-4-10(5-8)15-7-9(6-11(15)16)12(17)14-13/h2-5,9H,6-7,13H2,1H3,(H,14,17). The maximum Gasteiger partial charge on any atom is 0.239 e. The molecule has 1 fully saturated rings. The lowest BCUT2D eigenvalue weighted by atomic mass is 10.1. The van der Waals surface area contributed by atoms with Gasteiger partial charge in [-0.1, -0.05) is 12.1 Å². The van der Waals surface area contributed by atoms with Gasteiger partial charge < -0.3 is 4.90 Å². The highest BCUT2D eigenvalue weighted by Crippen LogP contribution is 2.25. The van der Waals surface area contributed by atoms with E-state index in [1.807, 2.05) is 31.2 Å². The van der Waals surface area contributed by atoms with Crippen molar-refractivity contribution in [2.75, 3.05) is 11.4 Å². The summed E-state index contributed by atoms with van der Waals surface area (Å²) >= 11 is 0. The van der Waals surface area contributed by atoms with Crippen molar-refractivity contribution >= 4 is 17.5 Å². The molecular formula is C12H15N3O2. The number of rotatable bonds is 2. The Bertz CT molecular complexity index is 459. The first-order valence-corrected chi connectivity index (χ1v) is 5.49. The lowest BCUT2D eigenvalue weighted by Gasteiger charge is -2.16. The number of nitrogens with one attached hydrogen (secondary N) is 1. The maximum atomic E-state index is 11.8. The van der Waals surface area contributed by atoms with Crippen molar-refractivity contribution in [1.82, 2.24) is 5.43 Å². The van der Waals surface area contributed by atoms with Gasteiger partial charge in [-0.25, -0.2) is 5.84 Å². The van der Waals surface area contributed by atoms with Crippen LogP contribution in [-0.4, -0.2) is 18.4 Å². The average Bonchev–Trinajstić information content (AvgIpc) is 2.70. The second-order valence-electron chi connectivity index (χ2n) is 4.25. The van der Waals surface area contributed by atoms with Gasteiger partial charge in [0.15, 0.2) is 0 Å². The zero-order chi connectivity index (χ0) is 12.4. The quantitative estimate of drug-likeness (QED) is 0.439. The molecule has 0 spiro atoms. The summed E-state index contributed by atoms with van der Waals surface area (Å²) in [6.45, 7) is 2.36. The van der Waals surface area contributed by atoms with E-state index in [0.29, 0.717) is 6.54 Å². The number of anilines is 1. The Morgan fingerprint density at radius 2 is 2.29 bits per heavy atom. The van der Waals surface area contributed by atoms with Crippen molar-refractivity contribution in [2.24, 2.45) is 11.8 Å². The summed E-state index contributed by atoms with van der Waals surface area (Å²) in [6, 6.07) is 7.66. The van der Waals surface area contributed by atoms with Crippen LogP contribution in [0.1, 0.15) is 12.0 Å². The smallest absolute Gasteiger partial charge is 0.239 e. The monoisotopic (exact) mass is 233 g/mol. The summed E-state index contributed by atoms with van der Waals surface area (Å²) in [6.07, 6.45) is 0.219. The van der Waals surface area contributed by atoms with Gasteiger partial charge in [-0.2, -0.15) is 0 Å². The van der Waals surface area contributed by atoms with Gasteiger partial charge in [0.2, 0.25) is 11.8 Å². The molecule has 2 rings (SSSR count). The number of carbonyl (C=O) groups excluding carboxylic acids is 2. The predicted octanol–water partition coefficient (Wildman–Crippen LogP) is 0.338. The Morgan fingerprint density at radius 3 is 2.94 bits per heavy atom. The molecule has 1 aliphatic rings. The number of hydrazine groups is 1. The van der Waals surface area contributed by atoms with Gasteiger partial charge >= 0.3 is 0 Å².